The summed E-state index contributed by atoms with van der Waals surface area (Å²) in [6.07, 6.45) is 0.371. The predicted molar refractivity (Wildman–Crippen MR) is 81.1 cm³/mol. The maximum absolute atomic E-state index is 11.9. The highest BCUT2D eigenvalue weighted by atomic mass is 32.2. The van der Waals surface area contributed by atoms with Gasteiger partial charge in [0.1, 0.15) is 4.99 Å². The number of carbonyl (C=O) groups excluding carboxylic acids is 1. The van der Waals surface area contributed by atoms with Crippen molar-refractivity contribution >= 4 is 33.0 Å². The maximum atomic E-state index is 11.9. The number of hydrogen-bond donors (Lipinski definition) is 1. The lowest BCUT2D eigenvalue weighted by Gasteiger charge is -2.05. The van der Waals surface area contributed by atoms with E-state index in [0.717, 1.165) is 0 Å². The van der Waals surface area contributed by atoms with Crippen LogP contribution >= 0.6 is 12.2 Å². The van der Waals surface area contributed by atoms with Gasteiger partial charge >= 0.3 is 5.97 Å². The molecule has 1 rings (SSSR count). The van der Waals surface area contributed by atoms with Crippen molar-refractivity contribution < 1.29 is 17.9 Å². The maximum Gasteiger partial charge on any atom is 0.305 e. The van der Waals surface area contributed by atoms with Crippen LogP contribution in [0.3, 0.4) is 0 Å². The molecule has 0 saturated carbocycles. The lowest BCUT2D eigenvalue weighted by molar-refractivity contribution is -0.140. The Balaban J connectivity index is 2.57. The molecule has 0 amide bonds. The Morgan fingerprint density at radius 1 is 1.30 bits per heavy atom. The van der Waals surface area contributed by atoms with Gasteiger partial charge in [-0.2, -0.15) is 0 Å². The summed E-state index contributed by atoms with van der Waals surface area (Å²) >= 11 is 4.82. The van der Waals surface area contributed by atoms with Crippen molar-refractivity contribution in [3.63, 3.8) is 0 Å². The molecule has 0 aliphatic heterocycles. The Bertz CT molecular complexity index is 579. The molecule has 5 nitrogen and oxygen atoms in total. The number of thiocarbonyl (C=S) groups is 1. The minimum absolute atomic E-state index is 0.0425. The van der Waals surface area contributed by atoms with Crippen LogP contribution in [0, 0.1) is 0 Å². The minimum atomic E-state index is -3.24. The summed E-state index contributed by atoms with van der Waals surface area (Å²) in [5.74, 6) is -0.508. The standard InChI is InChI=1S/C13H17NO4S2/c1-18-12(15)3-2-8-20(16,17)9-10-4-6-11(7-5-10)13(14)19/h4-7H,2-3,8-9H2,1H3,(H2,14,19). The fourth-order valence-electron chi connectivity index (χ4n) is 1.63. The fourth-order valence-corrected chi connectivity index (χ4v) is 3.19. The summed E-state index contributed by atoms with van der Waals surface area (Å²) in [7, 11) is -1.97. The van der Waals surface area contributed by atoms with Crippen LogP contribution < -0.4 is 5.73 Å². The number of methoxy groups -OCH3 is 1. The van der Waals surface area contributed by atoms with Crippen LogP contribution in [-0.2, 0) is 25.1 Å². The first kappa shape index (κ1) is 16.6. The molecular weight excluding hydrogens is 298 g/mol. The Morgan fingerprint density at radius 3 is 2.40 bits per heavy atom. The van der Waals surface area contributed by atoms with Crippen LogP contribution in [-0.4, -0.2) is 32.2 Å². The molecule has 7 heteroatoms. The normalized spacial score (nSPS) is 11.1. The number of benzene rings is 1. The van der Waals surface area contributed by atoms with E-state index in [2.05, 4.69) is 4.74 Å². The van der Waals surface area contributed by atoms with Gasteiger partial charge in [-0.1, -0.05) is 36.5 Å². The molecule has 1 aromatic rings. The third-order valence-electron chi connectivity index (χ3n) is 2.69. The molecule has 1 aromatic carbocycles. The molecule has 2 N–H and O–H groups in total. The molecule has 0 bridgehead atoms. The lowest BCUT2D eigenvalue weighted by Crippen LogP contribution is -2.12. The molecule has 0 heterocycles. The number of nitrogens with two attached hydrogens (primary N) is 1. The second kappa shape index (κ2) is 7.35. The zero-order valence-corrected chi connectivity index (χ0v) is 12.8. The van der Waals surface area contributed by atoms with E-state index >= 15 is 0 Å². The van der Waals surface area contributed by atoms with Gasteiger partial charge in [0.2, 0.25) is 0 Å². The molecule has 0 radical (unpaired) electrons. The number of carbonyl (C=O) groups is 1. The van der Waals surface area contributed by atoms with E-state index in [1.54, 1.807) is 24.3 Å². The van der Waals surface area contributed by atoms with Crippen molar-refractivity contribution in [1.29, 1.82) is 0 Å². The number of hydrogen-bond acceptors (Lipinski definition) is 5. The highest BCUT2D eigenvalue weighted by molar-refractivity contribution is 7.90. The second-order valence-electron chi connectivity index (χ2n) is 4.33. The van der Waals surface area contributed by atoms with Crippen LogP contribution in [0.25, 0.3) is 0 Å². The summed E-state index contributed by atoms with van der Waals surface area (Å²) in [5, 5.41) is 0. The summed E-state index contributed by atoms with van der Waals surface area (Å²) in [5.41, 5.74) is 6.84. The Morgan fingerprint density at radius 2 is 1.90 bits per heavy atom. The molecule has 0 aliphatic rings. The zero-order chi connectivity index (χ0) is 15.2. The van der Waals surface area contributed by atoms with Gasteiger partial charge < -0.3 is 10.5 Å². The average Bonchev–Trinajstić information content (AvgIpc) is 2.38. The zero-order valence-electron chi connectivity index (χ0n) is 11.2. The second-order valence-corrected chi connectivity index (χ2v) is 6.96. The highest BCUT2D eigenvalue weighted by Crippen LogP contribution is 2.10. The first-order valence-electron chi connectivity index (χ1n) is 6.00. The van der Waals surface area contributed by atoms with Crippen LogP contribution in [0.2, 0.25) is 0 Å². The average molecular weight is 315 g/mol. The predicted octanol–water partition coefficient (Wildman–Crippen LogP) is 1.19. The third-order valence-corrected chi connectivity index (χ3v) is 4.61. The van der Waals surface area contributed by atoms with Gasteiger partial charge in [0.25, 0.3) is 0 Å². The molecule has 20 heavy (non-hydrogen) atoms. The molecular formula is C13H17NO4S2. The van der Waals surface area contributed by atoms with Crippen molar-refractivity contribution in [3.8, 4) is 0 Å². The molecule has 0 spiro atoms. The molecule has 110 valence electrons. The molecule has 0 aliphatic carbocycles. The molecule has 0 atom stereocenters. The smallest absolute Gasteiger partial charge is 0.305 e. The van der Waals surface area contributed by atoms with Gasteiger partial charge in [-0.3, -0.25) is 4.79 Å². The monoisotopic (exact) mass is 315 g/mol. The van der Waals surface area contributed by atoms with Crippen molar-refractivity contribution in [2.45, 2.75) is 18.6 Å². The van der Waals surface area contributed by atoms with Crippen LogP contribution in [0.1, 0.15) is 24.0 Å². The van der Waals surface area contributed by atoms with Crippen molar-refractivity contribution in [2.75, 3.05) is 12.9 Å². The fraction of sp³-hybridized carbons (Fsp3) is 0.385. The Hall–Kier alpha value is -1.47. The largest absolute Gasteiger partial charge is 0.469 e. The van der Waals surface area contributed by atoms with Crippen LogP contribution in [0.5, 0.6) is 0 Å². The van der Waals surface area contributed by atoms with Gasteiger partial charge in [0, 0.05) is 12.0 Å². The van der Waals surface area contributed by atoms with Gasteiger partial charge in [-0.05, 0) is 12.0 Å². The SMILES string of the molecule is COC(=O)CCCS(=O)(=O)Cc1ccc(C(N)=S)cc1. The first-order valence-corrected chi connectivity index (χ1v) is 8.23. The van der Waals surface area contributed by atoms with E-state index in [1.165, 1.54) is 7.11 Å². The summed E-state index contributed by atoms with van der Waals surface area (Å²) in [6, 6.07) is 6.77. The van der Waals surface area contributed by atoms with Crippen LogP contribution in [0.4, 0.5) is 0 Å². The molecule has 0 fully saturated rings. The summed E-state index contributed by atoms with van der Waals surface area (Å²) < 4.78 is 28.2. The van der Waals surface area contributed by atoms with Gasteiger partial charge in [0.05, 0.1) is 18.6 Å². The van der Waals surface area contributed by atoms with E-state index in [4.69, 9.17) is 18.0 Å². The highest BCUT2D eigenvalue weighted by Gasteiger charge is 2.13. The quantitative estimate of drug-likeness (QED) is 0.601. The van der Waals surface area contributed by atoms with Gasteiger partial charge in [-0.25, -0.2) is 8.42 Å². The van der Waals surface area contributed by atoms with E-state index < -0.39 is 15.8 Å². The van der Waals surface area contributed by atoms with Crippen LogP contribution in [0.15, 0.2) is 24.3 Å². The minimum Gasteiger partial charge on any atom is -0.469 e. The summed E-state index contributed by atoms with van der Waals surface area (Å²) in [4.78, 5) is 11.2. The molecule has 0 saturated heterocycles. The molecule has 0 unspecified atom stereocenters. The lowest BCUT2D eigenvalue weighted by atomic mass is 10.1. The van der Waals surface area contributed by atoms with E-state index in [1.807, 2.05) is 0 Å². The Kier molecular flexibility index (Phi) is 6.09. The Labute approximate surface area is 124 Å². The number of ether oxygens (including phenoxy) is 1. The van der Waals surface area contributed by atoms with E-state index in [9.17, 15) is 13.2 Å². The topological polar surface area (TPSA) is 86.5 Å². The van der Waals surface area contributed by atoms with E-state index in [-0.39, 0.29) is 29.3 Å². The van der Waals surface area contributed by atoms with Crippen molar-refractivity contribution in [3.05, 3.63) is 35.4 Å². The number of sulfone groups is 1. The van der Waals surface area contributed by atoms with Crippen molar-refractivity contribution in [2.24, 2.45) is 5.73 Å². The number of rotatable bonds is 7. The first-order chi connectivity index (χ1) is 9.34. The summed E-state index contributed by atoms with van der Waals surface area (Å²) in [6.45, 7) is 0. The van der Waals surface area contributed by atoms with Gasteiger partial charge in [0.15, 0.2) is 9.84 Å². The van der Waals surface area contributed by atoms with Gasteiger partial charge in [-0.15, -0.1) is 0 Å². The molecule has 0 aromatic heterocycles. The number of esters is 1. The van der Waals surface area contributed by atoms with Crippen molar-refractivity contribution in [1.82, 2.24) is 0 Å². The van der Waals surface area contributed by atoms with E-state index in [0.29, 0.717) is 11.1 Å². The third kappa shape index (κ3) is 5.66.